The molecule has 1 fully saturated rings. The average Bonchev–Trinajstić information content (AvgIpc) is 2.55. The summed E-state index contributed by atoms with van der Waals surface area (Å²) in [5.41, 5.74) is 6.42. The molecule has 2 rings (SSSR count). The Morgan fingerprint density at radius 2 is 1.82 bits per heavy atom. The van der Waals surface area contributed by atoms with E-state index in [9.17, 15) is 13.2 Å². The third-order valence-corrected chi connectivity index (χ3v) is 4.30. The molecule has 1 amide bonds. The van der Waals surface area contributed by atoms with Crippen LogP contribution in [0, 0.1) is 0 Å². The van der Waals surface area contributed by atoms with Crippen LogP contribution in [-0.2, 0) is 10.2 Å². The summed E-state index contributed by atoms with van der Waals surface area (Å²) in [4.78, 5) is 10.7. The fourth-order valence-corrected chi connectivity index (χ4v) is 3.08. The number of hydrogen-bond acceptors (Lipinski definition) is 4. The number of benzene rings is 1. The minimum absolute atomic E-state index is 0.0674. The van der Waals surface area contributed by atoms with Crippen molar-refractivity contribution in [3.05, 3.63) is 24.3 Å². The first-order valence-electron chi connectivity index (χ1n) is 4.82. The van der Waals surface area contributed by atoms with Crippen LogP contribution in [0.2, 0.25) is 0 Å². The number of carboxylic acid groups (broad SMARTS) is 1. The van der Waals surface area contributed by atoms with E-state index in [4.69, 9.17) is 10.8 Å². The number of nitrogens with zero attached hydrogens (tertiary/aromatic N) is 2. The van der Waals surface area contributed by atoms with Gasteiger partial charge in [-0.1, -0.05) is 0 Å². The molecule has 0 aliphatic carbocycles. The molecule has 7 nitrogen and oxygen atoms in total. The van der Waals surface area contributed by atoms with Crippen molar-refractivity contribution in [3.8, 4) is 0 Å². The van der Waals surface area contributed by atoms with Gasteiger partial charge in [-0.25, -0.2) is 4.79 Å². The lowest BCUT2D eigenvalue weighted by Gasteiger charge is -2.18. The Labute approximate surface area is 98.2 Å². The number of rotatable bonds is 1. The Morgan fingerprint density at radius 1 is 1.24 bits per heavy atom. The minimum atomic E-state index is -3.97. The van der Waals surface area contributed by atoms with Crippen molar-refractivity contribution in [2.75, 3.05) is 23.1 Å². The maximum Gasteiger partial charge on any atom is 0.422 e. The van der Waals surface area contributed by atoms with E-state index < -0.39 is 16.3 Å². The fraction of sp³-hybridized carbons (Fsp3) is 0.222. The van der Waals surface area contributed by atoms with Crippen LogP contribution in [-0.4, -0.2) is 37.0 Å². The van der Waals surface area contributed by atoms with Crippen LogP contribution >= 0.6 is 0 Å². The van der Waals surface area contributed by atoms with Gasteiger partial charge in [0.2, 0.25) is 0 Å². The van der Waals surface area contributed by atoms with E-state index >= 15 is 0 Å². The second kappa shape index (κ2) is 3.81. The van der Waals surface area contributed by atoms with Crippen LogP contribution in [0.15, 0.2) is 24.3 Å². The predicted octanol–water partition coefficient (Wildman–Crippen LogP) is 0.314. The molecule has 1 aliphatic rings. The molecule has 0 radical (unpaired) electrons. The van der Waals surface area contributed by atoms with Gasteiger partial charge in [-0.3, -0.25) is 4.31 Å². The van der Waals surface area contributed by atoms with Crippen LogP contribution in [0.3, 0.4) is 0 Å². The van der Waals surface area contributed by atoms with E-state index in [0.717, 1.165) is 4.31 Å². The summed E-state index contributed by atoms with van der Waals surface area (Å²) in [5.74, 6) is 0. The van der Waals surface area contributed by atoms with Crippen molar-refractivity contribution >= 4 is 27.7 Å². The maximum atomic E-state index is 11.9. The molecule has 8 heteroatoms. The van der Waals surface area contributed by atoms with Crippen LogP contribution < -0.4 is 10.0 Å². The van der Waals surface area contributed by atoms with Gasteiger partial charge in [0.1, 0.15) is 0 Å². The molecule has 92 valence electrons. The van der Waals surface area contributed by atoms with E-state index in [0.29, 0.717) is 15.7 Å². The predicted molar refractivity (Wildman–Crippen MR) is 61.9 cm³/mol. The zero-order valence-electron chi connectivity index (χ0n) is 8.78. The minimum Gasteiger partial charge on any atom is -0.464 e. The summed E-state index contributed by atoms with van der Waals surface area (Å²) < 4.78 is 25.2. The molecule has 0 saturated carbocycles. The summed E-state index contributed by atoms with van der Waals surface area (Å²) in [7, 11) is -3.97. The Balaban J connectivity index is 2.36. The van der Waals surface area contributed by atoms with E-state index in [1.165, 1.54) is 12.1 Å². The van der Waals surface area contributed by atoms with Crippen LogP contribution in [0.4, 0.5) is 16.2 Å². The number of amides is 1. The van der Waals surface area contributed by atoms with Gasteiger partial charge in [0.15, 0.2) is 0 Å². The highest BCUT2D eigenvalue weighted by atomic mass is 32.2. The van der Waals surface area contributed by atoms with Gasteiger partial charge in [0.25, 0.3) is 0 Å². The van der Waals surface area contributed by atoms with Crippen molar-refractivity contribution in [2.24, 2.45) is 0 Å². The Morgan fingerprint density at radius 3 is 2.29 bits per heavy atom. The molecular weight excluding hydrogens is 246 g/mol. The molecule has 1 heterocycles. The molecule has 17 heavy (non-hydrogen) atoms. The van der Waals surface area contributed by atoms with Gasteiger partial charge in [-0.2, -0.15) is 12.7 Å². The molecule has 1 aromatic carbocycles. The molecule has 0 unspecified atom stereocenters. The lowest BCUT2D eigenvalue weighted by Crippen LogP contribution is -2.36. The van der Waals surface area contributed by atoms with Crippen molar-refractivity contribution in [1.29, 1.82) is 0 Å². The zero-order chi connectivity index (χ0) is 12.6. The SMILES string of the molecule is Nc1ccc(N2CCN(C(=O)O)S2(=O)=O)cc1. The number of nitrogens with two attached hydrogens (primary N) is 1. The number of nitrogen functional groups attached to an aromatic ring is 1. The molecular formula is C9H11N3O4S. The molecule has 0 aromatic heterocycles. The lowest BCUT2D eigenvalue weighted by molar-refractivity contribution is 0.175. The zero-order valence-corrected chi connectivity index (χ0v) is 9.59. The third kappa shape index (κ3) is 1.86. The highest BCUT2D eigenvalue weighted by Gasteiger charge is 2.39. The maximum absolute atomic E-state index is 11.9. The summed E-state index contributed by atoms with van der Waals surface area (Å²) in [6.07, 6.45) is -1.47. The topological polar surface area (TPSA) is 104 Å². The van der Waals surface area contributed by atoms with Gasteiger partial charge in [0, 0.05) is 5.69 Å². The second-order valence-electron chi connectivity index (χ2n) is 3.53. The van der Waals surface area contributed by atoms with Gasteiger partial charge in [-0.15, -0.1) is 0 Å². The molecule has 0 bridgehead atoms. The molecule has 1 aromatic rings. The first-order chi connectivity index (χ1) is 7.93. The Kier molecular flexibility index (Phi) is 2.58. The third-order valence-electron chi connectivity index (χ3n) is 2.46. The van der Waals surface area contributed by atoms with Crippen molar-refractivity contribution in [1.82, 2.24) is 4.31 Å². The number of carbonyl (C=O) groups is 1. The fourth-order valence-electron chi connectivity index (χ4n) is 1.63. The monoisotopic (exact) mass is 257 g/mol. The summed E-state index contributed by atoms with van der Waals surface area (Å²) in [6, 6.07) is 6.21. The quantitative estimate of drug-likeness (QED) is 0.705. The summed E-state index contributed by atoms with van der Waals surface area (Å²) in [6.45, 7) is 0.0423. The average molecular weight is 257 g/mol. The number of anilines is 2. The smallest absolute Gasteiger partial charge is 0.422 e. The normalized spacial score (nSPS) is 18.4. The molecule has 3 N–H and O–H groups in total. The molecule has 1 saturated heterocycles. The first kappa shape index (κ1) is 11.5. The van der Waals surface area contributed by atoms with Crippen molar-refractivity contribution in [2.45, 2.75) is 0 Å². The van der Waals surface area contributed by atoms with Gasteiger partial charge >= 0.3 is 16.3 Å². The lowest BCUT2D eigenvalue weighted by atomic mass is 10.3. The van der Waals surface area contributed by atoms with Gasteiger partial charge in [0.05, 0.1) is 18.8 Å². The Hall–Kier alpha value is -1.96. The van der Waals surface area contributed by atoms with E-state index in [2.05, 4.69) is 0 Å². The highest BCUT2D eigenvalue weighted by molar-refractivity contribution is 7.91. The first-order valence-corrected chi connectivity index (χ1v) is 6.21. The van der Waals surface area contributed by atoms with Gasteiger partial charge in [-0.05, 0) is 24.3 Å². The number of hydrogen-bond donors (Lipinski definition) is 2. The second-order valence-corrected chi connectivity index (χ2v) is 5.30. The van der Waals surface area contributed by atoms with E-state index in [-0.39, 0.29) is 13.1 Å². The van der Waals surface area contributed by atoms with Crippen LogP contribution in [0.25, 0.3) is 0 Å². The van der Waals surface area contributed by atoms with Gasteiger partial charge < -0.3 is 10.8 Å². The summed E-state index contributed by atoms with van der Waals surface area (Å²) >= 11 is 0. The largest absolute Gasteiger partial charge is 0.464 e. The Bertz CT molecular complexity index is 540. The van der Waals surface area contributed by atoms with Crippen molar-refractivity contribution < 1.29 is 18.3 Å². The van der Waals surface area contributed by atoms with Crippen LogP contribution in [0.1, 0.15) is 0 Å². The molecule has 0 atom stereocenters. The van der Waals surface area contributed by atoms with E-state index in [1.807, 2.05) is 0 Å². The molecule has 1 aliphatic heterocycles. The highest BCUT2D eigenvalue weighted by Crippen LogP contribution is 2.25. The standard InChI is InChI=1S/C9H11N3O4S/c10-7-1-3-8(4-2-7)11-5-6-12(9(13)14)17(11,15)16/h1-4H,5-6,10H2,(H,13,14). The summed E-state index contributed by atoms with van der Waals surface area (Å²) in [5, 5.41) is 8.76. The molecule has 0 spiro atoms. The van der Waals surface area contributed by atoms with Crippen LogP contribution in [0.5, 0.6) is 0 Å². The van der Waals surface area contributed by atoms with Crippen molar-refractivity contribution in [3.63, 3.8) is 0 Å². The van der Waals surface area contributed by atoms with E-state index in [1.54, 1.807) is 12.1 Å².